The first-order valence-electron chi connectivity index (χ1n) is 10.4. The van der Waals surface area contributed by atoms with Crippen molar-refractivity contribution in [2.45, 2.75) is 63.8 Å². The zero-order valence-corrected chi connectivity index (χ0v) is 16.2. The molecule has 2 fully saturated rings. The van der Waals surface area contributed by atoms with Crippen LogP contribution in [0.4, 0.5) is 0 Å². The summed E-state index contributed by atoms with van der Waals surface area (Å²) in [4.78, 5) is 14.9. The Kier molecular flexibility index (Phi) is 7.36. The van der Waals surface area contributed by atoms with Crippen LogP contribution in [0.2, 0.25) is 0 Å². The molecule has 144 valence electrons. The number of carbonyl (C=O) groups is 1. The van der Waals surface area contributed by atoms with E-state index in [0.29, 0.717) is 13.0 Å². The van der Waals surface area contributed by atoms with Crippen LogP contribution in [-0.4, -0.2) is 37.6 Å². The fourth-order valence-electron chi connectivity index (χ4n) is 4.47. The molecule has 1 saturated carbocycles. The molecule has 1 aliphatic heterocycles. The third kappa shape index (κ3) is 5.47. The molecule has 1 aromatic carbocycles. The van der Waals surface area contributed by atoms with Crippen molar-refractivity contribution in [1.29, 1.82) is 0 Å². The van der Waals surface area contributed by atoms with E-state index in [1.54, 1.807) is 7.11 Å². The van der Waals surface area contributed by atoms with Crippen LogP contribution in [0.1, 0.15) is 69.4 Å². The van der Waals surface area contributed by atoms with Gasteiger partial charge in [-0.2, -0.15) is 0 Å². The van der Waals surface area contributed by atoms with E-state index in [9.17, 15) is 4.79 Å². The molecule has 4 heteroatoms. The van der Waals surface area contributed by atoms with Crippen molar-refractivity contribution in [3.05, 3.63) is 29.8 Å². The second-order valence-electron chi connectivity index (χ2n) is 7.88. The molecule has 1 aliphatic carbocycles. The minimum absolute atomic E-state index is 0.211. The molecule has 1 N–H and O–H groups in total. The van der Waals surface area contributed by atoms with Crippen molar-refractivity contribution >= 4 is 5.91 Å². The van der Waals surface area contributed by atoms with E-state index in [0.717, 1.165) is 31.2 Å². The fraction of sp³-hybridized carbons (Fsp3) is 0.682. The summed E-state index contributed by atoms with van der Waals surface area (Å²) in [6, 6.07) is 8.53. The summed E-state index contributed by atoms with van der Waals surface area (Å²) in [5.41, 5.74) is 1.24. The molecule has 3 rings (SSSR count). The lowest BCUT2D eigenvalue weighted by Crippen LogP contribution is -2.36. The fourth-order valence-corrected chi connectivity index (χ4v) is 4.47. The molecule has 1 amide bonds. The van der Waals surface area contributed by atoms with E-state index in [-0.39, 0.29) is 11.9 Å². The van der Waals surface area contributed by atoms with E-state index in [4.69, 9.17) is 4.74 Å². The van der Waals surface area contributed by atoms with Gasteiger partial charge in [0.25, 0.3) is 0 Å². The quantitative estimate of drug-likeness (QED) is 0.753. The van der Waals surface area contributed by atoms with E-state index in [2.05, 4.69) is 22.3 Å². The molecule has 0 aromatic heterocycles. The average Bonchev–Trinajstić information content (AvgIpc) is 3.22. The van der Waals surface area contributed by atoms with Gasteiger partial charge in [0.2, 0.25) is 5.91 Å². The number of amides is 1. The maximum atomic E-state index is 12.4. The van der Waals surface area contributed by atoms with Crippen LogP contribution >= 0.6 is 0 Å². The predicted molar refractivity (Wildman–Crippen MR) is 105 cm³/mol. The van der Waals surface area contributed by atoms with Crippen LogP contribution in [0.25, 0.3) is 0 Å². The molecule has 1 saturated heterocycles. The topological polar surface area (TPSA) is 41.6 Å². The monoisotopic (exact) mass is 358 g/mol. The summed E-state index contributed by atoms with van der Waals surface area (Å²) < 4.78 is 5.39. The molecule has 0 radical (unpaired) electrons. The summed E-state index contributed by atoms with van der Waals surface area (Å²) in [5, 5.41) is 3.21. The highest BCUT2D eigenvalue weighted by atomic mass is 16.5. The Morgan fingerprint density at radius 1 is 1.19 bits per heavy atom. The Bertz CT molecular complexity index is 563. The minimum Gasteiger partial charge on any atom is -0.497 e. The molecular formula is C22H34N2O2. The number of likely N-dealkylation sites (tertiary alicyclic amines) is 1. The van der Waals surface area contributed by atoms with Crippen molar-refractivity contribution in [2.75, 3.05) is 26.7 Å². The highest BCUT2D eigenvalue weighted by Crippen LogP contribution is 2.28. The maximum Gasteiger partial charge on any atom is 0.220 e. The van der Waals surface area contributed by atoms with Gasteiger partial charge in [-0.1, -0.05) is 44.2 Å². The molecule has 1 heterocycles. The number of hydrogen-bond acceptors (Lipinski definition) is 3. The molecule has 2 aliphatic rings. The van der Waals surface area contributed by atoms with Gasteiger partial charge in [-0.25, -0.2) is 0 Å². The van der Waals surface area contributed by atoms with Crippen LogP contribution in [0, 0.1) is 5.92 Å². The largest absolute Gasteiger partial charge is 0.497 e. The summed E-state index contributed by atoms with van der Waals surface area (Å²) >= 11 is 0. The van der Waals surface area contributed by atoms with Crippen molar-refractivity contribution in [1.82, 2.24) is 10.2 Å². The van der Waals surface area contributed by atoms with Crippen LogP contribution < -0.4 is 10.1 Å². The van der Waals surface area contributed by atoms with Crippen molar-refractivity contribution < 1.29 is 9.53 Å². The van der Waals surface area contributed by atoms with Gasteiger partial charge in [-0.05, 0) is 56.0 Å². The molecule has 4 nitrogen and oxygen atoms in total. The van der Waals surface area contributed by atoms with Gasteiger partial charge in [0, 0.05) is 13.0 Å². The van der Waals surface area contributed by atoms with Crippen molar-refractivity contribution in [3.63, 3.8) is 0 Å². The SMILES string of the molecule is COc1cccc(C(CNC(=O)CCC2CCCCC2)N2CCCC2)c1. The van der Waals surface area contributed by atoms with Gasteiger partial charge in [-0.15, -0.1) is 0 Å². The number of benzene rings is 1. The normalized spacial score (nSPS) is 20.0. The smallest absolute Gasteiger partial charge is 0.220 e. The van der Waals surface area contributed by atoms with Crippen LogP contribution in [0.15, 0.2) is 24.3 Å². The standard InChI is InChI=1S/C22H34N2O2/c1-26-20-11-7-10-19(16-20)21(24-14-5-6-15-24)17-23-22(25)13-12-18-8-3-2-4-9-18/h7,10-11,16,18,21H,2-6,8-9,12-15,17H2,1H3,(H,23,25). The second-order valence-corrected chi connectivity index (χ2v) is 7.88. The van der Waals surface area contributed by atoms with E-state index in [1.165, 1.54) is 50.5 Å². The highest BCUT2D eigenvalue weighted by molar-refractivity contribution is 5.75. The number of methoxy groups -OCH3 is 1. The Labute approximate surface area is 158 Å². The molecule has 1 unspecified atom stereocenters. The molecular weight excluding hydrogens is 324 g/mol. The predicted octanol–water partition coefficient (Wildman–Crippen LogP) is 4.31. The van der Waals surface area contributed by atoms with Crippen molar-refractivity contribution in [3.8, 4) is 5.75 Å². The first-order valence-corrected chi connectivity index (χ1v) is 10.4. The zero-order valence-electron chi connectivity index (χ0n) is 16.2. The average molecular weight is 359 g/mol. The molecule has 0 bridgehead atoms. The summed E-state index contributed by atoms with van der Waals surface area (Å²) in [5.74, 6) is 1.86. The van der Waals surface area contributed by atoms with Crippen LogP contribution in [0.3, 0.4) is 0 Å². The zero-order chi connectivity index (χ0) is 18.2. The van der Waals surface area contributed by atoms with Crippen LogP contribution in [-0.2, 0) is 4.79 Å². The van der Waals surface area contributed by atoms with Gasteiger partial charge in [0.05, 0.1) is 13.2 Å². The number of nitrogens with one attached hydrogen (secondary N) is 1. The Morgan fingerprint density at radius 2 is 1.96 bits per heavy atom. The second kappa shape index (κ2) is 9.96. The molecule has 26 heavy (non-hydrogen) atoms. The summed E-state index contributed by atoms with van der Waals surface area (Å²) in [6.45, 7) is 2.91. The molecule has 1 atom stereocenters. The number of nitrogens with zero attached hydrogens (tertiary/aromatic N) is 1. The van der Waals surface area contributed by atoms with Gasteiger partial charge in [-0.3, -0.25) is 9.69 Å². The Hall–Kier alpha value is -1.55. The number of rotatable bonds is 8. The van der Waals surface area contributed by atoms with E-state index < -0.39 is 0 Å². The lowest BCUT2D eigenvalue weighted by molar-refractivity contribution is -0.121. The Balaban J connectivity index is 1.54. The minimum atomic E-state index is 0.211. The third-order valence-corrected chi connectivity index (χ3v) is 6.06. The van der Waals surface area contributed by atoms with Gasteiger partial charge in [0.1, 0.15) is 5.75 Å². The van der Waals surface area contributed by atoms with E-state index in [1.807, 2.05) is 12.1 Å². The summed E-state index contributed by atoms with van der Waals surface area (Å²) in [7, 11) is 1.71. The number of carbonyl (C=O) groups excluding carboxylic acids is 1. The molecule has 1 aromatic rings. The van der Waals surface area contributed by atoms with Crippen molar-refractivity contribution in [2.24, 2.45) is 5.92 Å². The number of hydrogen-bond donors (Lipinski definition) is 1. The Morgan fingerprint density at radius 3 is 2.69 bits per heavy atom. The third-order valence-electron chi connectivity index (χ3n) is 6.06. The first-order chi connectivity index (χ1) is 12.8. The maximum absolute atomic E-state index is 12.4. The van der Waals surface area contributed by atoms with Gasteiger partial charge >= 0.3 is 0 Å². The lowest BCUT2D eigenvalue weighted by atomic mass is 9.86. The van der Waals surface area contributed by atoms with Gasteiger partial charge < -0.3 is 10.1 Å². The van der Waals surface area contributed by atoms with E-state index >= 15 is 0 Å². The number of ether oxygens (including phenoxy) is 1. The highest BCUT2D eigenvalue weighted by Gasteiger charge is 2.24. The molecule has 0 spiro atoms. The summed E-state index contributed by atoms with van der Waals surface area (Å²) in [6.07, 6.45) is 10.9. The van der Waals surface area contributed by atoms with Crippen LogP contribution in [0.5, 0.6) is 5.75 Å². The van der Waals surface area contributed by atoms with Gasteiger partial charge in [0.15, 0.2) is 0 Å². The first kappa shape index (κ1) is 19.2. The lowest BCUT2D eigenvalue weighted by Gasteiger charge is -2.28.